The average Bonchev–Trinajstić information content (AvgIpc) is 1.30. The number of esters is 3. The summed E-state index contributed by atoms with van der Waals surface area (Å²) in [6, 6.07) is 36.6. The Bertz CT molecular complexity index is 3710. The number of aromatic nitrogens is 4. The van der Waals surface area contributed by atoms with Crippen molar-refractivity contribution >= 4 is 57.3 Å². The molecule has 4 heterocycles. The molecule has 8 aliphatic rings. The second kappa shape index (κ2) is 46.4. The van der Waals surface area contributed by atoms with Crippen molar-refractivity contribution in [2.45, 2.75) is 227 Å². The first kappa shape index (κ1) is 83.5. The summed E-state index contributed by atoms with van der Waals surface area (Å²) in [5, 5.41) is 32.5. The molecule has 15 nitrogen and oxygen atoms in total. The van der Waals surface area contributed by atoms with Crippen LogP contribution in [0.2, 0.25) is 0 Å². The molecule has 2 N–H and O–H groups in total. The van der Waals surface area contributed by atoms with Crippen molar-refractivity contribution in [1.29, 1.82) is 0 Å². The molecule has 0 radical (unpaired) electrons. The molecule has 2 aliphatic heterocycles. The number of aliphatic hydroxyl groups excluding tert-OH is 1. The van der Waals surface area contributed by atoms with Gasteiger partial charge in [-0.25, -0.2) is 24.2 Å². The number of rotatable bonds is 9. The number of nitrogens with one attached hydrogen (secondary N) is 1. The minimum absolute atomic E-state index is 0. The van der Waals surface area contributed by atoms with Crippen LogP contribution >= 0.6 is 0 Å². The maximum Gasteiger partial charge on any atom is 1.00 e. The maximum absolute atomic E-state index is 12.6. The number of aliphatic hydroxyl groups is 1. The van der Waals surface area contributed by atoms with E-state index in [2.05, 4.69) is 40.8 Å². The zero-order chi connectivity index (χ0) is 69.2. The molecule has 99 heavy (non-hydrogen) atoms. The van der Waals surface area contributed by atoms with Gasteiger partial charge in [-0.15, -0.1) is 0 Å². The van der Waals surface area contributed by atoms with E-state index in [4.69, 9.17) is 9.84 Å². The standard InChI is InChI=1S/C18H24N2O.C15H18N2O.C12H22.C9H6O2.C8H4O3.C8H6O2.C7H12O.C4H10.CH3O.2Na.H/c1-2-17-15-10-6-7-11-16(15)18(21)20(19-17)13-12-14-8-4-3-5-9-14;18-15-13-9-5-4-8-12(13)14(16-17-15)10-11-6-2-1-3-7-11;1-3-7-11(8-4-1)12-9-5-2-6-10-12;10-8-5-9(11)7-4-2-1-3-6(7)8;9-7-5-3-1-2-4-6(5)8(10)11-7;9-8-7-4-2-1-3-6(7)5-10-8;8-6-7-4-2-1-3-5-7;1-3-4-2;1-2;;;/h6-7,10-11,14H,2-5,8-9,12-13H2,1H3;4-5,8-9,11H,1-3,6-7,10H2,(H,17,18);11-12H,1-10H2;1-5,10H;1-4H;1-4H,5H2;6-7H,1-5H2;3-4H2,1-2H3;1H3;;;/q;;;;;;;;-1;2*+1;-1. The number of unbranched alkanes of at least 4 members (excludes halogenated alkanes) is 1. The number of aryl methyl sites for hydroxylation is 2. The first-order valence-electron chi connectivity index (χ1n) is 36.4. The van der Waals surface area contributed by atoms with Gasteiger partial charge in [0.15, 0.2) is 5.78 Å². The molecule has 5 saturated carbocycles. The number of carbonyl (C=O) groups is 5. The van der Waals surface area contributed by atoms with E-state index in [0.717, 1.165) is 114 Å². The molecule has 7 aromatic rings. The molecule has 522 valence electrons. The monoisotopic (exact) mass is 1370 g/mol. The van der Waals surface area contributed by atoms with Crippen LogP contribution in [0.5, 0.6) is 0 Å². The second-order valence-corrected chi connectivity index (χ2v) is 26.6. The van der Waals surface area contributed by atoms with Crippen molar-refractivity contribution in [3.05, 3.63) is 193 Å². The molecular formula is C82H106N4Na2O11. The Morgan fingerprint density at radius 2 is 0.949 bits per heavy atom. The van der Waals surface area contributed by atoms with E-state index in [1.54, 1.807) is 85.0 Å². The number of ketones is 1. The number of fused-ring (bicyclic) bond motifs is 5. The van der Waals surface area contributed by atoms with Crippen LogP contribution in [0.1, 0.15) is 266 Å². The van der Waals surface area contributed by atoms with Crippen LogP contribution in [0, 0.1) is 29.6 Å². The number of benzene rings is 5. The van der Waals surface area contributed by atoms with Gasteiger partial charge in [0.25, 0.3) is 11.1 Å². The van der Waals surface area contributed by atoms with Crippen LogP contribution < -0.4 is 75.3 Å². The van der Waals surface area contributed by atoms with Crippen LogP contribution in [0.15, 0.2) is 137 Å². The molecule has 0 spiro atoms. The van der Waals surface area contributed by atoms with Crippen LogP contribution in [0.25, 0.3) is 27.3 Å². The molecule has 6 aliphatic carbocycles. The Balaban J connectivity index is 0.000000248. The van der Waals surface area contributed by atoms with Crippen LogP contribution in [0.4, 0.5) is 0 Å². The summed E-state index contributed by atoms with van der Waals surface area (Å²) in [4.78, 5) is 78.0. The van der Waals surface area contributed by atoms with E-state index in [1.807, 2.05) is 66.7 Å². The molecule has 2 aromatic heterocycles. The molecule has 17 heteroatoms. The number of allylic oxidation sites excluding steroid dienone is 1. The topological polar surface area (TPSA) is 228 Å². The summed E-state index contributed by atoms with van der Waals surface area (Å²) in [6.45, 7) is 7.67. The zero-order valence-corrected chi connectivity index (χ0v) is 64.1. The second-order valence-electron chi connectivity index (χ2n) is 26.6. The molecule has 0 amide bonds. The normalized spacial score (nSPS) is 17.0. The third-order valence-corrected chi connectivity index (χ3v) is 19.9. The van der Waals surface area contributed by atoms with Gasteiger partial charge in [-0.3, -0.25) is 14.4 Å². The molecule has 0 atom stereocenters. The van der Waals surface area contributed by atoms with Crippen molar-refractivity contribution in [3.8, 4) is 0 Å². The van der Waals surface area contributed by atoms with E-state index in [0.29, 0.717) is 40.3 Å². The van der Waals surface area contributed by atoms with Gasteiger partial charge in [-0.05, 0) is 86.1 Å². The van der Waals surface area contributed by atoms with Crippen molar-refractivity contribution in [3.63, 3.8) is 0 Å². The Morgan fingerprint density at radius 3 is 1.43 bits per heavy atom. The van der Waals surface area contributed by atoms with Crippen molar-refractivity contribution < 1.29 is 104 Å². The number of hydrogen-bond donors (Lipinski definition) is 2. The number of nitrogens with zero attached hydrogens (tertiary/aromatic N) is 3. The number of H-pyrrole nitrogens is 1. The first-order valence-corrected chi connectivity index (χ1v) is 36.4. The van der Waals surface area contributed by atoms with E-state index in [9.17, 15) is 38.7 Å². The fraction of sp³-hybridized carbons (Fsp3) is 0.500. The number of aromatic amines is 1. The molecule has 5 fully saturated rings. The quantitative estimate of drug-likeness (QED) is 0.0594. The largest absolute Gasteiger partial charge is 1.00 e. The molecular weight excluding hydrogens is 1260 g/mol. The predicted molar refractivity (Wildman–Crippen MR) is 386 cm³/mol. The summed E-state index contributed by atoms with van der Waals surface area (Å²) < 4.78 is 10.8. The van der Waals surface area contributed by atoms with Gasteiger partial charge in [0.1, 0.15) is 18.7 Å². The average molecular weight is 1370 g/mol. The van der Waals surface area contributed by atoms with E-state index in [-0.39, 0.29) is 89.2 Å². The molecule has 0 saturated heterocycles. The summed E-state index contributed by atoms with van der Waals surface area (Å²) in [5.74, 6) is 2.86. The summed E-state index contributed by atoms with van der Waals surface area (Å²) in [6.07, 6.45) is 42.9. The summed E-state index contributed by atoms with van der Waals surface area (Å²) in [7, 11) is 0.750. The third-order valence-electron chi connectivity index (χ3n) is 19.9. The Hall–Kier alpha value is -6.17. The fourth-order valence-corrected chi connectivity index (χ4v) is 14.3. The van der Waals surface area contributed by atoms with Gasteiger partial charge >= 0.3 is 77.0 Å². The Kier molecular flexibility index (Phi) is 39.1. The summed E-state index contributed by atoms with van der Waals surface area (Å²) >= 11 is 0. The summed E-state index contributed by atoms with van der Waals surface area (Å²) in [5.41, 5.74) is 5.72. The number of ether oxygens (including phenoxy) is 2. The number of aldehydes is 1. The van der Waals surface area contributed by atoms with Gasteiger partial charge in [0.05, 0.1) is 38.9 Å². The number of cyclic esters (lactones) is 3. The van der Waals surface area contributed by atoms with Gasteiger partial charge in [0, 0.05) is 46.0 Å². The minimum Gasteiger partial charge on any atom is -1.00 e. The van der Waals surface area contributed by atoms with E-state index < -0.39 is 11.9 Å². The van der Waals surface area contributed by atoms with Crippen molar-refractivity contribution in [2.24, 2.45) is 29.6 Å². The molecule has 15 rings (SSSR count). The minimum atomic E-state index is -0.550. The number of carbonyl (C=O) groups excluding carboxylic acids is 5. The van der Waals surface area contributed by atoms with Gasteiger partial charge in [0.2, 0.25) is 0 Å². The van der Waals surface area contributed by atoms with Crippen molar-refractivity contribution in [1.82, 2.24) is 20.0 Å². The Morgan fingerprint density at radius 1 is 0.515 bits per heavy atom. The predicted octanol–water partition coefficient (Wildman–Crippen LogP) is 11.9. The SMILES string of the molecule is C1CCC(C2CCCCC2)CC1.CCCC.CCc1nn(CCC2CCCCC2)c(=O)c2ccccc12.C[O-].O=C1C=C(O)c2ccccc21.O=C1OC(=O)c2ccccc21.O=C1OCc2ccccc21.O=CC1CCCCC1.O=c1[nH]nc(CC2CCCCC2)c2ccccc12.[H-].[Na+].[Na+]. The van der Waals surface area contributed by atoms with Gasteiger partial charge in [-0.2, -0.15) is 17.3 Å². The van der Waals surface area contributed by atoms with Gasteiger partial charge in [-0.1, -0.05) is 272 Å². The van der Waals surface area contributed by atoms with Crippen LogP contribution in [0.3, 0.4) is 0 Å². The molecule has 0 bridgehead atoms. The smallest absolute Gasteiger partial charge is 1.00 e. The first-order chi connectivity index (χ1) is 47.4. The van der Waals surface area contributed by atoms with E-state index >= 15 is 0 Å². The zero-order valence-electron chi connectivity index (χ0n) is 61.1. The fourth-order valence-electron chi connectivity index (χ4n) is 14.3. The maximum atomic E-state index is 12.6. The van der Waals surface area contributed by atoms with E-state index in [1.165, 1.54) is 141 Å². The van der Waals surface area contributed by atoms with Crippen LogP contribution in [-0.4, -0.2) is 62.2 Å². The molecule has 0 unspecified atom stereocenters. The molecule has 5 aromatic carbocycles. The number of hydrogen-bond acceptors (Lipinski definition) is 13. The Labute approximate surface area is 632 Å². The third kappa shape index (κ3) is 26.0. The van der Waals surface area contributed by atoms with Gasteiger partial charge < -0.3 is 25.9 Å². The van der Waals surface area contributed by atoms with Crippen molar-refractivity contribution in [2.75, 3.05) is 7.11 Å². The van der Waals surface area contributed by atoms with Crippen LogP contribution in [-0.2, 0) is 40.3 Å².